The molecule has 20 heavy (non-hydrogen) atoms. The van der Waals surface area contributed by atoms with Crippen molar-refractivity contribution < 1.29 is 4.74 Å². The predicted molar refractivity (Wildman–Crippen MR) is 80.7 cm³/mol. The van der Waals surface area contributed by atoms with Crippen molar-refractivity contribution in [3.05, 3.63) is 33.0 Å². The van der Waals surface area contributed by atoms with Gasteiger partial charge < -0.3 is 15.8 Å². The van der Waals surface area contributed by atoms with Crippen molar-refractivity contribution in [1.82, 2.24) is 14.9 Å². The summed E-state index contributed by atoms with van der Waals surface area (Å²) in [5.41, 5.74) is 6.38. The number of halogens is 1. The molecule has 1 fully saturated rings. The minimum absolute atomic E-state index is 0.0600. The predicted octanol–water partition coefficient (Wildman–Crippen LogP) is 0.730. The third-order valence-electron chi connectivity index (χ3n) is 3.34. The summed E-state index contributed by atoms with van der Waals surface area (Å²) in [7, 11) is 0. The van der Waals surface area contributed by atoms with E-state index in [0.29, 0.717) is 30.6 Å². The zero-order valence-electron chi connectivity index (χ0n) is 10.8. The van der Waals surface area contributed by atoms with Crippen molar-refractivity contribution in [2.75, 3.05) is 25.4 Å². The van der Waals surface area contributed by atoms with Crippen molar-refractivity contribution in [1.29, 1.82) is 0 Å². The molecule has 1 aromatic carbocycles. The van der Waals surface area contributed by atoms with Gasteiger partial charge in [0, 0.05) is 17.6 Å². The smallest absolute Gasteiger partial charge is 0.262 e. The topological polar surface area (TPSA) is 82.2 Å². The highest BCUT2D eigenvalue weighted by atomic mass is 79.9. The molecule has 2 aromatic rings. The fourth-order valence-corrected chi connectivity index (χ4v) is 2.69. The van der Waals surface area contributed by atoms with Gasteiger partial charge in [0.25, 0.3) is 5.56 Å². The third-order valence-corrected chi connectivity index (χ3v) is 3.83. The highest BCUT2D eigenvalue weighted by Gasteiger charge is 2.17. The van der Waals surface area contributed by atoms with Crippen LogP contribution in [0, 0.1) is 0 Å². The number of nitrogens with zero attached hydrogens (tertiary/aromatic N) is 2. The lowest BCUT2D eigenvalue weighted by atomic mass is 10.2. The van der Waals surface area contributed by atoms with E-state index in [2.05, 4.69) is 26.2 Å². The first kappa shape index (κ1) is 13.5. The Balaban J connectivity index is 2.03. The van der Waals surface area contributed by atoms with Crippen LogP contribution in [0.25, 0.3) is 10.9 Å². The van der Waals surface area contributed by atoms with Crippen molar-refractivity contribution in [3.8, 4) is 0 Å². The largest absolute Gasteiger partial charge is 0.374 e. The third kappa shape index (κ3) is 2.56. The first-order valence-electron chi connectivity index (χ1n) is 6.43. The Labute approximate surface area is 124 Å². The lowest BCUT2D eigenvalue weighted by molar-refractivity contribution is 0.0179. The highest BCUT2D eigenvalue weighted by molar-refractivity contribution is 9.10. The number of nitrogens with two attached hydrogens (primary N) is 1. The molecule has 7 heteroatoms. The molecule has 0 saturated carbocycles. The highest BCUT2D eigenvalue weighted by Crippen LogP contribution is 2.16. The Hall–Kier alpha value is -1.44. The Morgan fingerprint density at radius 2 is 2.40 bits per heavy atom. The molecule has 3 N–H and O–H groups in total. The molecular weight excluding hydrogens is 324 g/mol. The van der Waals surface area contributed by atoms with Gasteiger partial charge in [0.2, 0.25) is 5.95 Å². The van der Waals surface area contributed by atoms with Gasteiger partial charge in [0.1, 0.15) is 0 Å². The average Bonchev–Trinajstić information content (AvgIpc) is 2.46. The molecule has 106 valence electrons. The number of benzene rings is 1. The van der Waals surface area contributed by atoms with Gasteiger partial charge in [-0.05, 0) is 18.2 Å². The van der Waals surface area contributed by atoms with Crippen LogP contribution < -0.4 is 16.6 Å². The van der Waals surface area contributed by atoms with Crippen LogP contribution in [-0.2, 0) is 11.3 Å². The second-order valence-corrected chi connectivity index (χ2v) is 5.66. The maximum atomic E-state index is 12.5. The van der Waals surface area contributed by atoms with Gasteiger partial charge in [-0.15, -0.1) is 0 Å². The van der Waals surface area contributed by atoms with E-state index >= 15 is 0 Å². The van der Waals surface area contributed by atoms with Crippen LogP contribution in [0.1, 0.15) is 0 Å². The molecule has 1 aromatic heterocycles. The minimum atomic E-state index is -0.136. The zero-order chi connectivity index (χ0) is 14.1. The maximum absolute atomic E-state index is 12.5. The number of nitrogen functional groups attached to an aromatic ring is 1. The molecule has 1 saturated heterocycles. The lowest BCUT2D eigenvalue weighted by Crippen LogP contribution is -2.42. The van der Waals surface area contributed by atoms with E-state index in [1.165, 1.54) is 4.57 Å². The Kier molecular flexibility index (Phi) is 3.73. The van der Waals surface area contributed by atoms with Crippen LogP contribution in [0.4, 0.5) is 5.95 Å². The summed E-state index contributed by atoms with van der Waals surface area (Å²) in [6.45, 7) is 2.60. The Morgan fingerprint density at radius 1 is 1.55 bits per heavy atom. The van der Waals surface area contributed by atoms with Crippen LogP contribution >= 0.6 is 15.9 Å². The van der Waals surface area contributed by atoms with Crippen molar-refractivity contribution >= 4 is 32.8 Å². The van der Waals surface area contributed by atoms with Gasteiger partial charge in [-0.1, -0.05) is 15.9 Å². The van der Waals surface area contributed by atoms with E-state index < -0.39 is 0 Å². The standard InChI is InChI=1S/C13H15BrN4O2/c14-8-1-2-11-10(5-8)12(19)18(13(15)17-11)7-9-6-16-3-4-20-9/h1-2,5,9,16H,3-4,6-7H2,(H2,15,17). The number of aromatic nitrogens is 2. The van der Waals surface area contributed by atoms with Crippen LogP contribution in [0.15, 0.2) is 27.5 Å². The number of nitrogens with one attached hydrogen (secondary N) is 1. The summed E-state index contributed by atoms with van der Waals surface area (Å²) in [5, 5.41) is 3.78. The molecule has 0 aliphatic carbocycles. The second kappa shape index (κ2) is 5.51. The van der Waals surface area contributed by atoms with E-state index in [1.54, 1.807) is 12.1 Å². The summed E-state index contributed by atoms with van der Waals surface area (Å²) >= 11 is 3.37. The monoisotopic (exact) mass is 338 g/mol. The average molecular weight is 339 g/mol. The number of hydrogen-bond donors (Lipinski definition) is 2. The molecule has 1 aliphatic rings. The molecule has 2 heterocycles. The van der Waals surface area contributed by atoms with Gasteiger partial charge in [-0.2, -0.15) is 0 Å². The number of ether oxygens (including phenoxy) is 1. The zero-order valence-corrected chi connectivity index (χ0v) is 12.4. The first-order valence-corrected chi connectivity index (χ1v) is 7.22. The fraction of sp³-hybridized carbons (Fsp3) is 0.385. The van der Waals surface area contributed by atoms with Gasteiger partial charge in [-0.25, -0.2) is 4.98 Å². The lowest BCUT2D eigenvalue weighted by Gasteiger charge is -2.24. The molecule has 0 spiro atoms. The molecule has 3 rings (SSSR count). The first-order chi connectivity index (χ1) is 9.65. The van der Waals surface area contributed by atoms with Crippen LogP contribution in [0.2, 0.25) is 0 Å². The molecular formula is C13H15BrN4O2. The van der Waals surface area contributed by atoms with Crippen molar-refractivity contribution in [2.24, 2.45) is 0 Å². The molecule has 0 radical (unpaired) electrons. The molecule has 0 amide bonds. The quantitative estimate of drug-likeness (QED) is 0.843. The van der Waals surface area contributed by atoms with Crippen molar-refractivity contribution in [2.45, 2.75) is 12.6 Å². The van der Waals surface area contributed by atoms with Gasteiger partial charge >= 0.3 is 0 Å². The number of anilines is 1. The maximum Gasteiger partial charge on any atom is 0.262 e. The van der Waals surface area contributed by atoms with Gasteiger partial charge in [-0.3, -0.25) is 9.36 Å². The summed E-state index contributed by atoms with van der Waals surface area (Å²) in [6.07, 6.45) is -0.0600. The second-order valence-electron chi connectivity index (χ2n) is 4.74. The summed E-state index contributed by atoms with van der Waals surface area (Å²) in [5.74, 6) is 0.221. The van der Waals surface area contributed by atoms with Gasteiger partial charge in [0.15, 0.2) is 0 Å². The van der Waals surface area contributed by atoms with E-state index in [4.69, 9.17) is 10.5 Å². The molecule has 0 bridgehead atoms. The van der Waals surface area contributed by atoms with Crippen LogP contribution in [-0.4, -0.2) is 35.4 Å². The molecule has 1 atom stereocenters. The number of rotatable bonds is 2. The van der Waals surface area contributed by atoms with E-state index in [0.717, 1.165) is 11.0 Å². The number of morpholine rings is 1. The number of fused-ring (bicyclic) bond motifs is 1. The Bertz CT molecular complexity index is 695. The Morgan fingerprint density at radius 3 is 3.15 bits per heavy atom. The van der Waals surface area contributed by atoms with Crippen LogP contribution in [0.3, 0.4) is 0 Å². The normalized spacial score (nSPS) is 19.4. The number of hydrogen-bond acceptors (Lipinski definition) is 5. The molecule has 1 aliphatic heterocycles. The van der Waals surface area contributed by atoms with E-state index in [1.807, 2.05) is 6.07 Å². The summed E-state index contributed by atoms with van der Waals surface area (Å²) in [6, 6.07) is 5.38. The minimum Gasteiger partial charge on any atom is -0.374 e. The molecule has 6 nitrogen and oxygen atoms in total. The van der Waals surface area contributed by atoms with Gasteiger partial charge in [0.05, 0.1) is 30.2 Å². The van der Waals surface area contributed by atoms with Crippen LogP contribution in [0.5, 0.6) is 0 Å². The fourth-order valence-electron chi connectivity index (χ4n) is 2.33. The molecule has 1 unspecified atom stereocenters. The van der Waals surface area contributed by atoms with E-state index in [9.17, 15) is 4.79 Å². The van der Waals surface area contributed by atoms with Crippen molar-refractivity contribution in [3.63, 3.8) is 0 Å². The summed E-state index contributed by atoms with van der Waals surface area (Å²) < 4.78 is 7.93. The SMILES string of the molecule is Nc1nc2ccc(Br)cc2c(=O)n1CC1CNCCO1. The van der Waals surface area contributed by atoms with E-state index in [-0.39, 0.29) is 17.6 Å². The summed E-state index contributed by atoms with van der Waals surface area (Å²) in [4.78, 5) is 16.8.